The van der Waals surface area contributed by atoms with E-state index < -0.39 is 0 Å². The average Bonchev–Trinajstić information content (AvgIpc) is 2.27. The van der Waals surface area contributed by atoms with Gasteiger partial charge in [0, 0.05) is 0 Å². The van der Waals surface area contributed by atoms with Crippen molar-refractivity contribution in [2.24, 2.45) is 0 Å². The Labute approximate surface area is 109 Å². The maximum absolute atomic E-state index is 12.3. The summed E-state index contributed by atoms with van der Waals surface area (Å²) in [6, 6.07) is 0. The number of Topliss-reactive ketones (excluding diaryl/α,β-unsaturated/α-hetero) is 1. The van der Waals surface area contributed by atoms with Gasteiger partial charge in [-0.25, -0.2) is 0 Å². The van der Waals surface area contributed by atoms with Crippen LogP contribution in [0.3, 0.4) is 0 Å². The lowest BCUT2D eigenvalue weighted by Gasteiger charge is -2.33. The summed E-state index contributed by atoms with van der Waals surface area (Å²) < 4.78 is 0. The van der Waals surface area contributed by atoms with Gasteiger partial charge in [0.15, 0.2) is 5.78 Å². The van der Waals surface area contributed by atoms with Gasteiger partial charge in [-0.1, -0.05) is 49.5 Å². The summed E-state index contributed by atoms with van der Waals surface area (Å²) in [5.41, 5.74) is -0.313. The van der Waals surface area contributed by atoms with E-state index in [1.165, 1.54) is 0 Å². The predicted octanol–water partition coefficient (Wildman–Crippen LogP) is 3.68. The van der Waals surface area contributed by atoms with E-state index in [1.54, 1.807) is 0 Å². The number of carbonyl (C=O) groups excluding carboxylic acids is 1. The van der Waals surface area contributed by atoms with Crippen molar-refractivity contribution in [2.45, 2.75) is 70.2 Å². The highest BCUT2D eigenvalue weighted by molar-refractivity contribution is 9.10. The molecule has 16 heavy (non-hydrogen) atoms. The van der Waals surface area contributed by atoms with Gasteiger partial charge in [-0.3, -0.25) is 4.79 Å². The normalized spacial score (nSPS) is 16.8. The first-order chi connectivity index (χ1) is 7.54. The number of unbranched alkanes of at least 4 members (excludes halogenated alkanes) is 1. The topological polar surface area (TPSA) is 29.1 Å². The second kappa shape index (κ2) is 8.24. The minimum absolute atomic E-state index is 0.0619. The second-order valence-electron chi connectivity index (χ2n) is 4.45. The number of ketones is 1. The molecule has 96 valence electrons. The van der Waals surface area contributed by atoms with Crippen molar-refractivity contribution in [1.82, 2.24) is 5.32 Å². The number of hydrogen-bond acceptors (Lipinski definition) is 2. The summed E-state index contributed by atoms with van der Waals surface area (Å²) in [5.74, 6) is 0.299. The molecule has 0 rings (SSSR count). The molecule has 2 unspecified atom stereocenters. The summed E-state index contributed by atoms with van der Waals surface area (Å²) in [6.07, 6.45) is 5.14. The standard InChI is InChI=1S/C13H26BrNO/c1-5-8-10-15-13(7-3,9-6-2)12(16)11(4)14/h11,15H,5-10H2,1-4H3. The Kier molecular flexibility index (Phi) is 8.29. The monoisotopic (exact) mass is 291 g/mol. The molecule has 0 aromatic heterocycles. The summed E-state index contributed by atoms with van der Waals surface area (Å²) in [4.78, 5) is 12.2. The van der Waals surface area contributed by atoms with E-state index in [2.05, 4.69) is 42.0 Å². The van der Waals surface area contributed by atoms with Gasteiger partial charge >= 0.3 is 0 Å². The average molecular weight is 292 g/mol. The van der Waals surface area contributed by atoms with Crippen LogP contribution in [0.1, 0.15) is 59.8 Å². The van der Waals surface area contributed by atoms with E-state index in [1.807, 2.05) is 6.92 Å². The Bertz CT molecular complexity index is 206. The van der Waals surface area contributed by atoms with Crippen LogP contribution in [0.5, 0.6) is 0 Å². The molecule has 0 bridgehead atoms. The van der Waals surface area contributed by atoms with E-state index >= 15 is 0 Å². The zero-order chi connectivity index (χ0) is 12.6. The molecule has 0 fully saturated rings. The molecule has 0 heterocycles. The number of alkyl halides is 1. The maximum Gasteiger partial charge on any atom is 0.166 e. The van der Waals surface area contributed by atoms with Gasteiger partial charge in [0.05, 0.1) is 10.4 Å². The van der Waals surface area contributed by atoms with E-state index in [0.717, 1.165) is 38.6 Å². The first kappa shape index (κ1) is 16.1. The molecule has 0 saturated heterocycles. The first-order valence-electron chi connectivity index (χ1n) is 6.47. The minimum atomic E-state index is -0.313. The Hall–Kier alpha value is 0.110. The summed E-state index contributed by atoms with van der Waals surface area (Å²) in [5, 5.41) is 3.49. The zero-order valence-electron chi connectivity index (χ0n) is 11.1. The number of carbonyl (C=O) groups is 1. The molecule has 0 aliphatic heterocycles. The first-order valence-corrected chi connectivity index (χ1v) is 7.39. The zero-order valence-corrected chi connectivity index (χ0v) is 12.7. The third-order valence-electron chi connectivity index (χ3n) is 3.11. The van der Waals surface area contributed by atoms with Crippen LogP contribution in [0.15, 0.2) is 0 Å². The summed E-state index contributed by atoms with van der Waals surface area (Å²) in [6.45, 7) is 9.27. The van der Waals surface area contributed by atoms with Crippen LogP contribution in [-0.2, 0) is 4.79 Å². The quantitative estimate of drug-likeness (QED) is 0.519. The SMILES string of the molecule is CCCCNC(CC)(CCC)C(=O)C(C)Br. The molecule has 2 atom stereocenters. The van der Waals surface area contributed by atoms with Gasteiger partial charge in [0.1, 0.15) is 0 Å². The summed E-state index contributed by atoms with van der Waals surface area (Å²) >= 11 is 3.41. The molecule has 0 saturated carbocycles. The highest BCUT2D eigenvalue weighted by Crippen LogP contribution is 2.23. The van der Waals surface area contributed by atoms with E-state index in [4.69, 9.17) is 0 Å². The molecular weight excluding hydrogens is 266 g/mol. The van der Waals surface area contributed by atoms with Crippen LogP contribution in [-0.4, -0.2) is 22.7 Å². The molecule has 0 amide bonds. The second-order valence-corrected chi connectivity index (χ2v) is 5.82. The Morgan fingerprint density at radius 1 is 1.31 bits per heavy atom. The Balaban J connectivity index is 4.63. The van der Waals surface area contributed by atoms with Gasteiger partial charge in [-0.05, 0) is 32.7 Å². The lowest BCUT2D eigenvalue weighted by atomic mass is 9.84. The highest BCUT2D eigenvalue weighted by atomic mass is 79.9. The minimum Gasteiger partial charge on any atom is -0.305 e. The van der Waals surface area contributed by atoms with Crippen molar-refractivity contribution in [3.05, 3.63) is 0 Å². The lowest BCUT2D eigenvalue weighted by Crippen LogP contribution is -2.54. The molecule has 0 spiro atoms. The summed E-state index contributed by atoms with van der Waals surface area (Å²) in [7, 11) is 0. The van der Waals surface area contributed by atoms with Gasteiger partial charge < -0.3 is 5.32 Å². The smallest absolute Gasteiger partial charge is 0.166 e. The fourth-order valence-corrected chi connectivity index (χ4v) is 2.52. The van der Waals surface area contributed by atoms with Gasteiger partial charge in [-0.2, -0.15) is 0 Å². The van der Waals surface area contributed by atoms with Crippen LogP contribution in [0, 0.1) is 0 Å². The van der Waals surface area contributed by atoms with Crippen LogP contribution < -0.4 is 5.32 Å². The predicted molar refractivity (Wildman–Crippen MR) is 74.2 cm³/mol. The maximum atomic E-state index is 12.3. The highest BCUT2D eigenvalue weighted by Gasteiger charge is 2.36. The Morgan fingerprint density at radius 2 is 1.94 bits per heavy atom. The fourth-order valence-electron chi connectivity index (χ4n) is 2.09. The third kappa shape index (κ3) is 4.54. The molecular formula is C13H26BrNO. The van der Waals surface area contributed by atoms with Crippen molar-refractivity contribution >= 4 is 21.7 Å². The van der Waals surface area contributed by atoms with Crippen LogP contribution in [0.25, 0.3) is 0 Å². The molecule has 0 aliphatic carbocycles. The van der Waals surface area contributed by atoms with Crippen molar-refractivity contribution in [3.63, 3.8) is 0 Å². The molecule has 2 nitrogen and oxygen atoms in total. The van der Waals surface area contributed by atoms with Gasteiger partial charge in [-0.15, -0.1) is 0 Å². The van der Waals surface area contributed by atoms with Crippen LogP contribution in [0.4, 0.5) is 0 Å². The van der Waals surface area contributed by atoms with Crippen molar-refractivity contribution in [1.29, 1.82) is 0 Å². The number of halogens is 1. The lowest BCUT2D eigenvalue weighted by molar-refractivity contribution is -0.125. The molecule has 1 N–H and O–H groups in total. The number of rotatable bonds is 9. The van der Waals surface area contributed by atoms with Crippen molar-refractivity contribution in [3.8, 4) is 0 Å². The largest absolute Gasteiger partial charge is 0.305 e. The molecule has 3 heteroatoms. The van der Waals surface area contributed by atoms with Crippen molar-refractivity contribution < 1.29 is 4.79 Å². The van der Waals surface area contributed by atoms with E-state index in [9.17, 15) is 4.79 Å². The number of nitrogens with one attached hydrogen (secondary N) is 1. The molecule has 0 radical (unpaired) electrons. The van der Waals surface area contributed by atoms with E-state index in [-0.39, 0.29) is 10.4 Å². The fraction of sp³-hybridized carbons (Fsp3) is 0.923. The van der Waals surface area contributed by atoms with Crippen molar-refractivity contribution in [2.75, 3.05) is 6.54 Å². The van der Waals surface area contributed by atoms with E-state index in [0.29, 0.717) is 5.78 Å². The van der Waals surface area contributed by atoms with Crippen LogP contribution in [0.2, 0.25) is 0 Å². The third-order valence-corrected chi connectivity index (χ3v) is 3.52. The molecule has 0 aromatic carbocycles. The van der Waals surface area contributed by atoms with Gasteiger partial charge in [0.2, 0.25) is 0 Å². The molecule has 0 aromatic rings. The Morgan fingerprint density at radius 3 is 2.31 bits per heavy atom. The molecule has 0 aliphatic rings. The van der Waals surface area contributed by atoms with Crippen LogP contribution >= 0.6 is 15.9 Å². The van der Waals surface area contributed by atoms with Gasteiger partial charge in [0.25, 0.3) is 0 Å². The number of hydrogen-bond donors (Lipinski definition) is 1.